The highest BCUT2D eigenvalue weighted by Crippen LogP contribution is 2.33. The number of hydrogen-bond donors (Lipinski definition) is 1. The molecule has 0 amide bonds. The van der Waals surface area contributed by atoms with Gasteiger partial charge in [0.15, 0.2) is 5.78 Å². The number of ether oxygens (including phenoxy) is 2. The molecule has 6 heteroatoms. The molecule has 1 aliphatic rings. The van der Waals surface area contributed by atoms with Gasteiger partial charge in [-0.3, -0.25) is 4.79 Å². The Morgan fingerprint density at radius 1 is 1.00 bits per heavy atom. The van der Waals surface area contributed by atoms with Crippen LogP contribution in [0.4, 0.5) is 11.6 Å². The summed E-state index contributed by atoms with van der Waals surface area (Å²) in [6, 6.07) is 15.4. The highest BCUT2D eigenvalue weighted by Gasteiger charge is 2.28. The fourth-order valence-corrected chi connectivity index (χ4v) is 3.49. The standard InChI is InChI=1S/C22H21N3O3/c1-27-16-9-7-14(8-10-16)15-11-19-17(20(26)12-15)13-23-22(25-19)24-18-5-3-4-6-21(18)28-2/h3-10,13,15H,11-12H2,1-2H3,(H,23,24,25)/t15-/m1/s1. The van der Waals surface area contributed by atoms with Gasteiger partial charge < -0.3 is 14.8 Å². The zero-order valence-electron chi connectivity index (χ0n) is 15.8. The molecule has 0 saturated heterocycles. The lowest BCUT2D eigenvalue weighted by Crippen LogP contribution is -2.21. The molecular formula is C22H21N3O3. The largest absolute Gasteiger partial charge is 0.497 e. The van der Waals surface area contributed by atoms with Gasteiger partial charge >= 0.3 is 0 Å². The van der Waals surface area contributed by atoms with Crippen LogP contribution in [-0.4, -0.2) is 30.0 Å². The molecule has 0 unspecified atom stereocenters. The van der Waals surface area contributed by atoms with Crippen molar-refractivity contribution in [1.29, 1.82) is 0 Å². The molecule has 142 valence electrons. The number of hydrogen-bond acceptors (Lipinski definition) is 6. The molecule has 0 fully saturated rings. The van der Waals surface area contributed by atoms with Gasteiger partial charge in [0, 0.05) is 12.6 Å². The van der Waals surface area contributed by atoms with Crippen LogP contribution in [0.25, 0.3) is 0 Å². The number of anilines is 2. The molecule has 1 heterocycles. The average molecular weight is 375 g/mol. The zero-order valence-corrected chi connectivity index (χ0v) is 15.8. The molecule has 28 heavy (non-hydrogen) atoms. The Hall–Kier alpha value is -3.41. The molecule has 0 aliphatic heterocycles. The van der Waals surface area contributed by atoms with E-state index in [2.05, 4.69) is 15.3 Å². The third-order valence-corrected chi connectivity index (χ3v) is 4.98. The number of aromatic nitrogens is 2. The lowest BCUT2D eigenvalue weighted by molar-refractivity contribution is 0.0962. The fourth-order valence-electron chi connectivity index (χ4n) is 3.49. The predicted molar refractivity (Wildman–Crippen MR) is 107 cm³/mol. The average Bonchev–Trinajstić information content (AvgIpc) is 2.74. The van der Waals surface area contributed by atoms with Crippen LogP contribution in [0.5, 0.6) is 11.5 Å². The summed E-state index contributed by atoms with van der Waals surface area (Å²) in [6.07, 6.45) is 2.77. The van der Waals surface area contributed by atoms with E-state index in [-0.39, 0.29) is 11.7 Å². The number of fused-ring (bicyclic) bond motifs is 1. The topological polar surface area (TPSA) is 73.3 Å². The molecule has 2 aromatic carbocycles. The Bertz CT molecular complexity index is 1000. The fraction of sp³-hybridized carbons (Fsp3) is 0.227. The number of rotatable bonds is 5. The number of para-hydroxylation sites is 2. The highest BCUT2D eigenvalue weighted by atomic mass is 16.5. The van der Waals surface area contributed by atoms with Crippen molar-refractivity contribution in [1.82, 2.24) is 9.97 Å². The van der Waals surface area contributed by atoms with Crippen LogP contribution in [-0.2, 0) is 6.42 Å². The first-order chi connectivity index (χ1) is 13.7. The lowest BCUT2D eigenvalue weighted by Gasteiger charge is -2.23. The first-order valence-electron chi connectivity index (χ1n) is 9.11. The normalized spacial score (nSPS) is 15.6. The van der Waals surface area contributed by atoms with Crippen molar-refractivity contribution in [3.63, 3.8) is 0 Å². The summed E-state index contributed by atoms with van der Waals surface area (Å²) < 4.78 is 10.6. The van der Waals surface area contributed by atoms with Gasteiger partial charge in [-0.15, -0.1) is 0 Å². The maximum Gasteiger partial charge on any atom is 0.227 e. The van der Waals surface area contributed by atoms with Gasteiger partial charge in [-0.05, 0) is 42.2 Å². The smallest absolute Gasteiger partial charge is 0.227 e. The van der Waals surface area contributed by atoms with Gasteiger partial charge in [-0.25, -0.2) is 9.97 Å². The van der Waals surface area contributed by atoms with Crippen LogP contribution in [0.2, 0.25) is 0 Å². The van der Waals surface area contributed by atoms with Crippen molar-refractivity contribution in [2.24, 2.45) is 0 Å². The van der Waals surface area contributed by atoms with Crippen LogP contribution in [0.3, 0.4) is 0 Å². The predicted octanol–water partition coefficient (Wildman–Crippen LogP) is 4.15. The Balaban J connectivity index is 1.60. The SMILES string of the molecule is COc1ccc([C@H]2CC(=O)c3cnc(Nc4ccccc4OC)nc3C2)cc1. The Morgan fingerprint density at radius 3 is 2.54 bits per heavy atom. The van der Waals surface area contributed by atoms with Gasteiger partial charge in [0.25, 0.3) is 0 Å². The molecule has 0 saturated carbocycles. The van der Waals surface area contributed by atoms with E-state index in [9.17, 15) is 4.79 Å². The third kappa shape index (κ3) is 3.53. The quantitative estimate of drug-likeness (QED) is 0.722. The number of benzene rings is 2. The van der Waals surface area contributed by atoms with E-state index in [1.54, 1.807) is 20.4 Å². The maximum atomic E-state index is 12.6. The Morgan fingerprint density at radius 2 is 1.79 bits per heavy atom. The molecule has 0 spiro atoms. The molecule has 3 aromatic rings. The van der Waals surface area contributed by atoms with Gasteiger partial charge in [0.2, 0.25) is 5.95 Å². The monoisotopic (exact) mass is 375 g/mol. The molecule has 1 aliphatic carbocycles. The van der Waals surface area contributed by atoms with Crippen molar-refractivity contribution < 1.29 is 14.3 Å². The maximum absolute atomic E-state index is 12.6. The molecule has 1 N–H and O–H groups in total. The van der Waals surface area contributed by atoms with Crippen molar-refractivity contribution >= 4 is 17.4 Å². The molecule has 1 atom stereocenters. The molecule has 0 bridgehead atoms. The van der Waals surface area contributed by atoms with Gasteiger partial charge in [-0.2, -0.15) is 0 Å². The number of Topliss-reactive ketones (excluding diaryl/α,β-unsaturated/α-hetero) is 1. The number of nitrogens with one attached hydrogen (secondary N) is 1. The van der Waals surface area contributed by atoms with Crippen molar-refractivity contribution in [3.8, 4) is 11.5 Å². The molecular weight excluding hydrogens is 354 g/mol. The van der Waals surface area contributed by atoms with Gasteiger partial charge in [0.05, 0.1) is 31.2 Å². The second-order valence-electron chi connectivity index (χ2n) is 6.68. The molecule has 1 aromatic heterocycles. The Labute approximate surface area is 163 Å². The van der Waals surface area contributed by atoms with Crippen LogP contribution >= 0.6 is 0 Å². The second-order valence-corrected chi connectivity index (χ2v) is 6.68. The second kappa shape index (κ2) is 7.68. The summed E-state index contributed by atoms with van der Waals surface area (Å²) in [5, 5.41) is 3.18. The number of nitrogens with zero attached hydrogens (tertiary/aromatic N) is 2. The van der Waals surface area contributed by atoms with E-state index < -0.39 is 0 Å². The molecule has 0 radical (unpaired) electrons. The Kier molecular flexibility index (Phi) is 4.93. The number of methoxy groups -OCH3 is 2. The van der Waals surface area contributed by atoms with E-state index in [1.165, 1.54) is 0 Å². The van der Waals surface area contributed by atoms with E-state index in [0.717, 1.165) is 22.7 Å². The summed E-state index contributed by atoms with van der Waals surface area (Å²) in [6.45, 7) is 0. The summed E-state index contributed by atoms with van der Waals surface area (Å²) in [5.74, 6) is 2.13. The van der Waals surface area contributed by atoms with E-state index in [1.807, 2.05) is 48.5 Å². The summed E-state index contributed by atoms with van der Waals surface area (Å²) in [4.78, 5) is 21.6. The number of carbonyl (C=O) groups is 1. The van der Waals surface area contributed by atoms with Gasteiger partial charge in [-0.1, -0.05) is 24.3 Å². The van der Waals surface area contributed by atoms with E-state index in [0.29, 0.717) is 30.1 Å². The van der Waals surface area contributed by atoms with Crippen molar-refractivity contribution in [3.05, 3.63) is 71.5 Å². The number of carbonyl (C=O) groups excluding carboxylic acids is 1. The van der Waals surface area contributed by atoms with Gasteiger partial charge in [0.1, 0.15) is 11.5 Å². The third-order valence-electron chi connectivity index (χ3n) is 4.98. The molecule has 4 rings (SSSR count). The van der Waals surface area contributed by atoms with Crippen molar-refractivity contribution in [2.45, 2.75) is 18.8 Å². The van der Waals surface area contributed by atoms with Crippen LogP contribution < -0.4 is 14.8 Å². The minimum absolute atomic E-state index is 0.0749. The minimum Gasteiger partial charge on any atom is -0.497 e. The highest BCUT2D eigenvalue weighted by molar-refractivity contribution is 5.98. The summed E-state index contributed by atoms with van der Waals surface area (Å²) in [5.41, 5.74) is 3.26. The van der Waals surface area contributed by atoms with Crippen LogP contribution in [0.15, 0.2) is 54.7 Å². The summed E-state index contributed by atoms with van der Waals surface area (Å²) in [7, 11) is 3.26. The summed E-state index contributed by atoms with van der Waals surface area (Å²) >= 11 is 0. The van der Waals surface area contributed by atoms with Crippen LogP contribution in [0, 0.1) is 0 Å². The first-order valence-corrected chi connectivity index (χ1v) is 9.11. The van der Waals surface area contributed by atoms with E-state index in [4.69, 9.17) is 9.47 Å². The van der Waals surface area contributed by atoms with Crippen molar-refractivity contribution in [2.75, 3.05) is 19.5 Å². The van der Waals surface area contributed by atoms with E-state index >= 15 is 0 Å². The van der Waals surface area contributed by atoms with Crippen LogP contribution in [0.1, 0.15) is 34.0 Å². The zero-order chi connectivity index (χ0) is 19.5. The number of ketones is 1. The first kappa shape index (κ1) is 18.0. The minimum atomic E-state index is 0.0749. The lowest BCUT2D eigenvalue weighted by atomic mass is 9.82. The molecule has 6 nitrogen and oxygen atoms in total.